The number of rotatable bonds is 7. The number of ether oxygens (including phenoxy) is 1. The number of aromatic hydroxyl groups is 1. The van der Waals surface area contributed by atoms with Crippen molar-refractivity contribution in [3.05, 3.63) is 23.3 Å². The highest BCUT2D eigenvalue weighted by atomic mass is 16.5. The lowest BCUT2D eigenvalue weighted by atomic mass is 10.1. The Labute approximate surface area is 123 Å². The molecule has 1 rings (SSSR count). The lowest BCUT2D eigenvalue weighted by Gasteiger charge is -2.16. The third-order valence-corrected chi connectivity index (χ3v) is 3.13. The number of carboxylic acid groups (broad SMARTS) is 1. The number of hydrogen-bond acceptors (Lipinski definition) is 4. The number of benzene rings is 1. The Balaban J connectivity index is 2.97. The highest BCUT2D eigenvalue weighted by Gasteiger charge is 2.23. The Morgan fingerprint density at radius 1 is 1.38 bits per heavy atom. The van der Waals surface area contributed by atoms with Crippen LogP contribution in [0.1, 0.15) is 42.1 Å². The van der Waals surface area contributed by atoms with Crippen LogP contribution in [-0.2, 0) is 4.79 Å². The fourth-order valence-corrected chi connectivity index (χ4v) is 1.98. The lowest BCUT2D eigenvalue weighted by molar-refractivity contribution is -0.139. The molecule has 6 nitrogen and oxygen atoms in total. The van der Waals surface area contributed by atoms with Crippen molar-refractivity contribution < 1.29 is 24.5 Å². The summed E-state index contributed by atoms with van der Waals surface area (Å²) in [6, 6.07) is 2.12. The molecule has 0 aromatic heterocycles. The third kappa shape index (κ3) is 4.37. The van der Waals surface area contributed by atoms with Gasteiger partial charge >= 0.3 is 5.97 Å². The Hall–Kier alpha value is -2.24. The number of carbonyl (C=O) groups is 2. The first-order chi connectivity index (χ1) is 9.90. The molecule has 116 valence electrons. The van der Waals surface area contributed by atoms with Crippen LogP contribution in [0.4, 0.5) is 0 Å². The van der Waals surface area contributed by atoms with Gasteiger partial charge in [-0.1, -0.05) is 19.8 Å². The number of unbranched alkanes of at least 4 members (excludes halogenated alkanes) is 1. The van der Waals surface area contributed by atoms with Crippen molar-refractivity contribution >= 4 is 11.9 Å². The third-order valence-electron chi connectivity index (χ3n) is 3.13. The molecule has 3 N–H and O–H groups in total. The zero-order chi connectivity index (χ0) is 16.0. The largest absolute Gasteiger partial charge is 0.504 e. The van der Waals surface area contributed by atoms with Gasteiger partial charge in [-0.25, -0.2) is 4.79 Å². The topological polar surface area (TPSA) is 95.9 Å². The van der Waals surface area contributed by atoms with Crippen molar-refractivity contribution in [3.63, 3.8) is 0 Å². The number of hydrogen-bond donors (Lipinski definition) is 3. The summed E-state index contributed by atoms with van der Waals surface area (Å²) < 4.78 is 4.99. The first-order valence-corrected chi connectivity index (χ1v) is 6.82. The van der Waals surface area contributed by atoms with E-state index in [2.05, 4.69) is 5.32 Å². The second kappa shape index (κ2) is 7.52. The first-order valence-electron chi connectivity index (χ1n) is 6.82. The van der Waals surface area contributed by atoms with Crippen LogP contribution < -0.4 is 10.1 Å². The summed E-state index contributed by atoms with van der Waals surface area (Å²) in [5.74, 6) is -1.82. The van der Waals surface area contributed by atoms with Gasteiger partial charge in [0.15, 0.2) is 11.5 Å². The summed E-state index contributed by atoms with van der Waals surface area (Å²) in [7, 11) is 1.39. The Bertz CT molecular complexity index is 527. The van der Waals surface area contributed by atoms with Gasteiger partial charge in [0.2, 0.25) is 0 Å². The van der Waals surface area contributed by atoms with E-state index in [0.29, 0.717) is 12.8 Å². The number of nitrogens with one attached hydrogen (secondary N) is 1. The molecule has 1 amide bonds. The van der Waals surface area contributed by atoms with E-state index in [0.717, 1.165) is 12.0 Å². The summed E-state index contributed by atoms with van der Waals surface area (Å²) in [6.45, 7) is 3.70. The summed E-state index contributed by atoms with van der Waals surface area (Å²) in [4.78, 5) is 23.3. The Morgan fingerprint density at radius 3 is 2.57 bits per heavy atom. The molecule has 0 bridgehead atoms. The van der Waals surface area contributed by atoms with Crippen LogP contribution in [0.3, 0.4) is 0 Å². The zero-order valence-corrected chi connectivity index (χ0v) is 12.5. The molecular weight excluding hydrogens is 274 g/mol. The molecule has 0 aliphatic carbocycles. The number of phenols is 1. The first kappa shape index (κ1) is 16.8. The van der Waals surface area contributed by atoms with Gasteiger partial charge in [-0.3, -0.25) is 4.79 Å². The van der Waals surface area contributed by atoms with E-state index in [4.69, 9.17) is 9.84 Å². The summed E-state index contributed by atoms with van der Waals surface area (Å²) in [6.07, 6.45) is 1.88. The van der Waals surface area contributed by atoms with Crippen molar-refractivity contribution in [2.45, 2.75) is 39.2 Å². The van der Waals surface area contributed by atoms with Gasteiger partial charge in [0, 0.05) is 0 Å². The Morgan fingerprint density at radius 2 is 2.05 bits per heavy atom. The zero-order valence-electron chi connectivity index (χ0n) is 12.5. The number of phenolic OH excluding ortho intramolecular Hbond substituents is 1. The van der Waals surface area contributed by atoms with E-state index in [1.54, 1.807) is 13.0 Å². The van der Waals surface area contributed by atoms with E-state index < -0.39 is 17.9 Å². The molecule has 0 saturated heterocycles. The molecule has 0 saturated carbocycles. The smallest absolute Gasteiger partial charge is 0.326 e. The molecule has 0 radical (unpaired) electrons. The highest BCUT2D eigenvalue weighted by molar-refractivity contribution is 5.99. The standard InChI is InChI=1S/C15H21NO5/c1-4-5-6-11(15(19)20)16-14(18)10-7-9(2)8-12(21-3)13(10)17/h7-8,11,17H,4-6H2,1-3H3,(H,16,18)(H,19,20). The number of aryl methyl sites for hydroxylation is 1. The number of methoxy groups -OCH3 is 1. The van der Waals surface area contributed by atoms with E-state index >= 15 is 0 Å². The van der Waals surface area contributed by atoms with Crippen molar-refractivity contribution in [1.82, 2.24) is 5.32 Å². The van der Waals surface area contributed by atoms with Crippen LogP contribution in [0, 0.1) is 6.92 Å². The van der Waals surface area contributed by atoms with Crippen LogP contribution in [-0.4, -0.2) is 35.2 Å². The van der Waals surface area contributed by atoms with Gasteiger partial charge in [0.25, 0.3) is 5.91 Å². The van der Waals surface area contributed by atoms with Crippen LogP contribution in [0.5, 0.6) is 11.5 Å². The quantitative estimate of drug-likeness (QED) is 0.715. The van der Waals surface area contributed by atoms with E-state index in [-0.39, 0.29) is 17.1 Å². The van der Waals surface area contributed by atoms with Crippen molar-refractivity contribution in [3.8, 4) is 11.5 Å². The fourth-order valence-electron chi connectivity index (χ4n) is 1.98. The molecule has 1 aromatic rings. The summed E-state index contributed by atoms with van der Waals surface area (Å²) >= 11 is 0. The fraction of sp³-hybridized carbons (Fsp3) is 0.467. The predicted octanol–water partition coefficient (Wildman–Crippen LogP) is 2.08. The molecule has 0 spiro atoms. The number of amides is 1. The average Bonchev–Trinajstić information content (AvgIpc) is 2.44. The summed E-state index contributed by atoms with van der Waals surface area (Å²) in [5, 5.41) is 21.5. The van der Waals surface area contributed by atoms with Crippen LogP contribution in [0.2, 0.25) is 0 Å². The maximum Gasteiger partial charge on any atom is 0.326 e. The predicted molar refractivity (Wildman–Crippen MR) is 77.8 cm³/mol. The highest BCUT2D eigenvalue weighted by Crippen LogP contribution is 2.31. The van der Waals surface area contributed by atoms with Gasteiger partial charge in [-0.15, -0.1) is 0 Å². The minimum Gasteiger partial charge on any atom is -0.504 e. The van der Waals surface area contributed by atoms with E-state index in [1.165, 1.54) is 13.2 Å². The van der Waals surface area contributed by atoms with E-state index in [9.17, 15) is 14.7 Å². The van der Waals surface area contributed by atoms with Crippen LogP contribution in [0.25, 0.3) is 0 Å². The molecule has 0 aliphatic heterocycles. The minimum atomic E-state index is -1.09. The maximum absolute atomic E-state index is 12.2. The average molecular weight is 295 g/mol. The van der Waals surface area contributed by atoms with Crippen LogP contribution >= 0.6 is 0 Å². The number of carboxylic acids is 1. The van der Waals surface area contributed by atoms with Gasteiger partial charge in [0.05, 0.1) is 12.7 Å². The van der Waals surface area contributed by atoms with E-state index in [1.807, 2.05) is 6.92 Å². The second-order valence-corrected chi connectivity index (χ2v) is 4.87. The second-order valence-electron chi connectivity index (χ2n) is 4.87. The molecule has 1 unspecified atom stereocenters. The molecule has 0 fully saturated rings. The minimum absolute atomic E-state index is 0.00889. The normalized spacial score (nSPS) is 11.8. The lowest BCUT2D eigenvalue weighted by Crippen LogP contribution is -2.40. The van der Waals surface area contributed by atoms with Crippen molar-refractivity contribution in [2.75, 3.05) is 7.11 Å². The molecule has 0 aliphatic rings. The van der Waals surface area contributed by atoms with Gasteiger partial charge < -0.3 is 20.3 Å². The van der Waals surface area contributed by atoms with Gasteiger partial charge in [-0.2, -0.15) is 0 Å². The SMILES string of the molecule is CCCCC(NC(=O)c1cc(C)cc(OC)c1O)C(=O)O. The molecule has 0 heterocycles. The van der Waals surface area contributed by atoms with Gasteiger partial charge in [0.1, 0.15) is 6.04 Å². The Kier molecular flexibility index (Phi) is 6.02. The summed E-state index contributed by atoms with van der Waals surface area (Å²) in [5.41, 5.74) is 0.741. The molecule has 21 heavy (non-hydrogen) atoms. The number of aliphatic carboxylic acids is 1. The number of carbonyl (C=O) groups excluding carboxylic acids is 1. The van der Waals surface area contributed by atoms with Crippen molar-refractivity contribution in [1.29, 1.82) is 0 Å². The molecule has 1 atom stereocenters. The monoisotopic (exact) mass is 295 g/mol. The van der Waals surface area contributed by atoms with Crippen LogP contribution in [0.15, 0.2) is 12.1 Å². The molecular formula is C15H21NO5. The van der Waals surface area contributed by atoms with Gasteiger partial charge in [-0.05, 0) is 31.0 Å². The molecule has 6 heteroatoms. The van der Waals surface area contributed by atoms with Crippen molar-refractivity contribution in [2.24, 2.45) is 0 Å². The maximum atomic E-state index is 12.2. The molecule has 1 aromatic carbocycles.